The molecule has 0 radical (unpaired) electrons. The van der Waals surface area contributed by atoms with E-state index in [0.717, 1.165) is 59.6 Å². The van der Waals surface area contributed by atoms with Crippen LogP contribution in [0.4, 0.5) is 38.1 Å². The number of nitrogens with zero attached hydrogens (tertiary/aromatic N) is 5. The van der Waals surface area contributed by atoms with Crippen molar-refractivity contribution in [3.8, 4) is 5.75 Å². The lowest BCUT2D eigenvalue weighted by atomic mass is 9.99. The third-order valence-corrected chi connectivity index (χ3v) is 9.32. The molecule has 1 saturated carbocycles. The summed E-state index contributed by atoms with van der Waals surface area (Å²) < 4.78 is 89.1. The van der Waals surface area contributed by atoms with Crippen LogP contribution in [0.5, 0.6) is 5.75 Å². The van der Waals surface area contributed by atoms with Gasteiger partial charge in [-0.2, -0.15) is 38.1 Å². The molecule has 4 aromatic rings. The van der Waals surface area contributed by atoms with E-state index >= 15 is 0 Å². The molecule has 1 fully saturated rings. The molecule has 0 N–H and O–H groups in total. The molecule has 2 aromatic carbocycles. The Kier molecular flexibility index (Phi) is 11.3. The summed E-state index contributed by atoms with van der Waals surface area (Å²) in [6, 6.07) is 10.3. The fraction of sp³-hybridized carbons (Fsp3) is 0.457. The normalized spacial score (nSPS) is 14.8. The van der Waals surface area contributed by atoms with Crippen LogP contribution in [0.3, 0.4) is 0 Å². The van der Waals surface area contributed by atoms with Crippen LogP contribution in [-0.2, 0) is 18.9 Å². The number of ether oxygens (including phenoxy) is 1. The Morgan fingerprint density at radius 2 is 1.58 bits per heavy atom. The van der Waals surface area contributed by atoms with Crippen LogP contribution >= 0.6 is 11.8 Å². The first kappa shape index (κ1) is 35.6. The molecule has 13 heteroatoms. The Morgan fingerprint density at radius 3 is 2.19 bits per heavy atom. The molecule has 6 nitrogen and oxygen atoms in total. The van der Waals surface area contributed by atoms with Gasteiger partial charge in [-0.1, -0.05) is 31.0 Å². The minimum absolute atomic E-state index is 0.0692. The number of rotatable bonds is 13. The molecule has 48 heavy (non-hydrogen) atoms. The summed E-state index contributed by atoms with van der Waals surface area (Å²) in [6.07, 6.45) is -0.482. The molecule has 2 aromatic heterocycles. The third-order valence-electron chi connectivity index (χ3n) is 8.74. The van der Waals surface area contributed by atoms with Gasteiger partial charge in [0.25, 0.3) is 0 Å². The zero-order valence-corrected chi connectivity index (χ0v) is 27.9. The molecule has 0 bridgehead atoms. The number of pyridine rings is 1. The Morgan fingerprint density at radius 1 is 0.938 bits per heavy atom. The molecule has 258 valence electrons. The second-order valence-corrected chi connectivity index (χ2v) is 13.0. The Labute approximate surface area is 280 Å². The predicted octanol–water partition coefficient (Wildman–Crippen LogP) is 9.59. The minimum atomic E-state index is -4.98. The van der Waals surface area contributed by atoms with E-state index in [-0.39, 0.29) is 24.1 Å². The van der Waals surface area contributed by atoms with Gasteiger partial charge in [-0.05, 0) is 74.8 Å². The van der Waals surface area contributed by atoms with Gasteiger partial charge in [-0.15, -0.1) is 0 Å². The topological polar surface area (TPSA) is 54.4 Å². The average Bonchev–Trinajstić information content (AvgIpc) is 3.58. The van der Waals surface area contributed by atoms with Gasteiger partial charge in [-0.25, -0.2) is 15.0 Å². The molecule has 1 atom stereocenters. The van der Waals surface area contributed by atoms with Gasteiger partial charge < -0.3 is 14.5 Å². The van der Waals surface area contributed by atoms with Gasteiger partial charge in [0.05, 0.1) is 48.2 Å². The summed E-state index contributed by atoms with van der Waals surface area (Å²) >= 11 is 1.61. The van der Waals surface area contributed by atoms with E-state index in [1.807, 2.05) is 36.6 Å². The van der Waals surface area contributed by atoms with Gasteiger partial charge in [0.2, 0.25) is 5.95 Å². The minimum Gasteiger partial charge on any atom is -0.489 e. The van der Waals surface area contributed by atoms with Crippen LogP contribution in [0.15, 0.2) is 60.9 Å². The van der Waals surface area contributed by atoms with E-state index in [1.165, 1.54) is 25.2 Å². The van der Waals surface area contributed by atoms with E-state index < -0.39 is 29.5 Å². The first-order valence-electron chi connectivity index (χ1n) is 16.0. The number of alkyl halides is 6. The van der Waals surface area contributed by atoms with Crippen LogP contribution in [-0.4, -0.2) is 46.7 Å². The number of aromatic nitrogens is 3. The number of fused-ring (bicyclic) bond motifs is 1. The number of thioether (sulfide) groups is 1. The molecule has 0 saturated heterocycles. The van der Waals surface area contributed by atoms with Crippen molar-refractivity contribution in [2.75, 3.05) is 41.5 Å². The van der Waals surface area contributed by atoms with Crippen molar-refractivity contribution >= 4 is 34.4 Å². The molecule has 0 amide bonds. The van der Waals surface area contributed by atoms with Crippen LogP contribution in [0.2, 0.25) is 0 Å². The summed E-state index contributed by atoms with van der Waals surface area (Å²) in [5, 5.41) is 0.859. The Hall–Kier alpha value is -3.74. The highest BCUT2D eigenvalue weighted by Gasteiger charge is 2.38. The van der Waals surface area contributed by atoms with E-state index in [2.05, 4.69) is 21.8 Å². The van der Waals surface area contributed by atoms with E-state index in [1.54, 1.807) is 23.6 Å². The molecule has 1 aliphatic carbocycles. The highest BCUT2D eigenvalue weighted by atomic mass is 32.2. The van der Waals surface area contributed by atoms with Crippen LogP contribution in [0.1, 0.15) is 67.8 Å². The fourth-order valence-electron chi connectivity index (χ4n) is 6.15. The number of anilines is 2. The van der Waals surface area contributed by atoms with Gasteiger partial charge in [0.15, 0.2) is 5.75 Å². The van der Waals surface area contributed by atoms with Gasteiger partial charge in [0, 0.05) is 29.8 Å². The number of para-hydroxylation sites is 1. The molecule has 1 aliphatic rings. The fourth-order valence-corrected chi connectivity index (χ4v) is 6.40. The molecular formula is C35H39F6N5OS. The zero-order valence-electron chi connectivity index (χ0n) is 27.1. The second kappa shape index (κ2) is 15.2. The molecule has 0 spiro atoms. The van der Waals surface area contributed by atoms with Crippen molar-refractivity contribution in [1.29, 1.82) is 0 Å². The summed E-state index contributed by atoms with van der Waals surface area (Å²) in [5.74, 6) is 2.50. The first-order chi connectivity index (χ1) is 22.9. The van der Waals surface area contributed by atoms with E-state index in [0.29, 0.717) is 24.8 Å². The Balaban J connectivity index is 1.62. The lowest BCUT2D eigenvalue weighted by molar-refractivity contribution is -0.143. The molecule has 0 aliphatic heterocycles. The predicted molar refractivity (Wildman–Crippen MR) is 179 cm³/mol. The van der Waals surface area contributed by atoms with E-state index in [4.69, 9.17) is 9.72 Å². The quantitative estimate of drug-likeness (QED) is 0.102. The van der Waals surface area contributed by atoms with E-state index in [9.17, 15) is 26.3 Å². The van der Waals surface area contributed by atoms with Crippen molar-refractivity contribution < 1.29 is 31.1 Å². The maximum absolute atomic E-state index is 13.9. The third kappa shape index (κ3) is 8.64. The van der Waals surface area contributed by atoms with Crippen molar-refractivity contribution in [1.82, 2.24) is 15.0 Å². The van der Waals surface area contributed by atoms with Gasteiger partial charge in [-0.3, -0.25) is 0 Å². The number of hydrogen-bond acceptors (Lipinski definition) is 7. The molecular weight excluding hydrogens is 652 g/mol. The summed E-state index contributed by atoms with van der Waals surface area (Å²) in [7, 11) is 0. The monoisotopic (exact) mass is 691 g/mol. The number of halogens is 6. The number of hydrogen-bond donors (Lipinski definition) is 0. The van der Waals surface area contributed by atoms with Crippen molar-refractivity contribution in [2.45, 2.75) is 64.5 Å². The van der Waals surface area contributed by atoms with Gasteiger partial charge in [0.1, 0.15) is 5.82 Å². The highest BCUT2D eigenvalue weighted by Crippen LogP contribution is 2.40. The van der Waals surface area contributed by atoms with Crippen molar-refractivity contribution in [2.24, 2.45) is 5.92 Å². The van der Waals surface area contributed by atoms with Crippen LogP contribution in [0.25, 0.3) is 10.9 Å². The molecule has 2 heterocycles. The zero-order chi connectivity index (χ0) is 34.5. The van der Waals surface area contributed by atoms with Crippen LogP contribution < -0.4 is 14.5 Å². The van der Waals surface area contributed by atoms with Gasteiger partial charge >= 0.3 is 12.4 Å². The van der Waals surface area contributed by atoms with Crippen molar-refractivity contribution in [3.05, 3.63) is 83.2 Å². The highest BCUT2D eigenvalue weighted by molar-refractivity contribution is 7.98. The Bertz CT molecular complexity index is 1630. The molecule has 5 rings (SSSR count). The lowest BCUT2D eigenvalue weighted by Gasteiger charge is -2.33. The average molecular weight is 692 g/mol. The lowest BCUT2D eigenvalue weighted by Crippen LogP contribution is -2.33. The largest absolute Gasteiger partial charge is 0.489 e. The second-order valence-electron chi connectivity index (χ2n) is 12.1. The SMILES string of the molecule is CCN(CC1CCCC1)c1nc2ccccc2cc1CN(c1ncc(OCCSC)cn1)C(C)c1cc(C(F)(F)F)cc(C(F)(F)F)c1. The summed E-state index contributed by atoms with van der Waals surface area (Å²) in [6.45, 7) is 5.58. The molecule has 1 unspecified atom stereocenters. The maximum Gasteiger partial charge on any atom is 0.416 e. The maximum atomic E-state index is 13.9. The van der Waals surface area contributed by atoms with Crippen molar-refractivity contribution in [3.63, 3.8) is 0 Å². The summed E-state index contributed by atoms with van der Waals surface area (Å²) in [5.41, 5.74) is -1.38. The number of benzene rings is 2. The standard InChI is InChI=1S/C35H39F6N5OS/c1-4-45(21-24-9-5-6-10-24)32-27(15-25-11-7-8-12-31(25)44-32)22-46(33-42-19-30(20-43-33)47-13-14-48-3)23(2)26-16-28(34(36,37)38)18-29(17-26)35(39,40)41/h7-8,11-12,15-20,23-24H,4-6,9-10,13-14,21-22H2,1-3H3. The first-order valence-corrected chi connectivity index (χ1v) is 17.4. The smallest absolute Gasteiger partial charge is 0.416 e. The summed E-state index contributed by atoms with van der Waals surface area (Å²) in [4.78, 5) is 17.9. The van der Waals surface area contributed by atoms with Crippen LogP contribution in [0, 0.1) is 5.92 Å².